The monoisotopic (exact) mass is 231 g/mol. The van der Waals surface area contributed by atoms with Gasteiger partial charge < -0.3 is 14.9 Å². The lowest BCUT2D eigenvalue weighted by molar-refractivity contribution is 0.310. The van der Waals surface area contributed by atoms with Crippen molar-refractivity contribution in [2.75, 3.05) is 12.8 Å². The highest BCUT2D eigenvalue weighted by Crippen LogP contribution is 2.35. The Balaban J connectivity index is 2.32. The first-order valence-electron chi connectivity index (χ1n) is 4.94. The zero-order chi connectivity index (χ0) is 11.8. The van der Waals surface area contributed by atoms with Crippen LogP contribution in [0.3, 0.4) is 0 Å². The molecule has 0 aliphatic carbocycles. The molecule has 0 amide bonds. The van der Waals surface area contributed by atoms with Crippen LogP contribution in [0.1, 0.15) is 0 Å². The number of anilines is 1. The molecule has 0 unspecified atom stereocenters. The molecule has 0 fully saturated rings. The zero-order valence-electron chi connectivity index (χ0n) is 9.01. The summed E-state index contributed by atoms with van der Waals surface area (Å²) in [6.45, 7) is 0. The van der Waals surface area contributed by atoms with E-state index in [9.17, 15) is 0 Å². The maximum Gasteiger partial charge on any atom is 0.196 e. The van der Waals surface area contributed by atoms with Gasteiger partial charge in [0.2, 0.25) is 0 Å². The van der Waals surface area contributed by atoms with E-state index in [0.29, 0.717) is 17.0 Å². The number of nitrogens with zero attached hydrogens (tertiary/aromatic N) is 2. The maximum atomic E-state index is 5.67. The van der Waals surface area contributed by atoms with Crippen molar-refractivity contribution in [1.82, 2.24) is 10.3 Å². The first kappa shape index (κ1) is 9.71. The molecule has 0 aliphatic rings. The van der Waals surface area contributed by atoms with E-state index in [-0.39, 0.29) is 5.82 Å². The summed E-state index contributed by atoms with van der Waals surface area (Å²) in [5.74, 6) is 0.904. The Bertz CT molecular complexity index is 671. The summed E-state index contributed by atoms with van der Waals surface area (Å²) in [4.78, 5) is 0. The van der Waals surface area contributed by atoms with Crippen LogP contribution in [-0.2, 0) is 0 Å². The van der Waals surface area contributed by atoms with Crippen LogP contribution >= 0.6 is 0 Å². The topological polar surface area (TPSA) is 87.3 Å². The predicted octanol–water partition coefficient (Wildman–Crippen LogP) is 2.07. The van der Waals surface area contributed by atoms with Crippen molar-refractivity contribution in [3.8, 4) is 17.0 Å². The molecule has 86 valence electrons. The van der Waals surface area contributed by atoms with Gasteiger partial charge in [0.25, 0.3) is 0 Å². The lowest BCUT2D eigenvalue weighted by atomic mass is 10.1. The minimum atomic E-state index is 0.248. The highest BCUT2D eigenvalue weighted by atomic mass is 16.6. The predicted molar refractivity (Wildman–Crippen MR) is 60.5 cm³/mol. The van der Waals surface area contributed by atoms with Crippen LogP contribution < -0.4 is 10.5 Å². The highest BCUT2D eigenvalue weighted by Gasteiger charge is 2.16. The number of ether oxygens (including phenoxy) is 1. The second kappa shape index (κ2) is 3.51. The Morgan fingerprint density at radius 2 is 2.12 bits per heavy atom. The third-order valence-corrected chi connectivity index (χ3v) is 2.57. The van der Waals surface area contributed by atoms with Gasteiger partial charge >= 0.3 is 0 Å². The summed E-state index contributed by atoms with van der Waals surface area (Å²) in [5.41, 5.74) is 7.62. The number of benzene rings is 1. The zero-order valence-corrected chi connectivity index (χ0v) is 9.01. The molecule has 1 aromatic carbocycles. The minimum absolute atomic E-state index is 0.248. The highest BCUT2D eigenvalue weighted by molar-refractivity contribution is 5.97. The Morgan fingerprint density at radius 1 is 1.24 bits per heavy atom. The van der Waals surface area contributed by atoms with E-state index >= 15 is 0 Å². The number of aromatic nitrogens is 2. The summed E-state index contributed by atoms with van der Waals surface area (Å²) < 4.78 is 15.2. The van der Waals surface area contributed by atoms with Crippen molar-refractivity contribution in [1.29, 1.82) is 0 Å². The molecule has 0 saturated carbocycles. The fourth-order valence-corrected chi connectivity index (χ4v) is 1.79. The number of nitrogen functional groups attached to an aromatic ring is 1. The smallest absolute Gasteiger partial charge is 0.196 e. The standard InChI is InChI=1S/C11H9N3O3/c1-15-8-3-2-6(7-4-5-16-10(7)8)9-11(12)14-17-13-9/h2-5H,1H3,(H2,12,14). The molecule has 0 saturated heterocycles. The molecular formula is C11H9N3O3. The molecule has 3 rings (SSSR count). The summed E-state index contributed by atoms with van der Waals surface area (Å²) in [5, 5.41) is 8.19. The first-order valence-corrected chi connectivity index (χ1v) is 4.94. The molecular weight excluding hydrogens is 222 g/mol. The van der Waals surface area contributed by atoms with Crippen molar-refractivity contribution >= 4 is 16.8 Å². The Labute approximate surface area is 95.9 Å². The van der Waals surface area contributed by atoms with Gasteiger partial charge in [-0.25, -0.2) is 4.63 Å². The summed E-state index contributed by atoms with van der Waals surface area (Å²) in [6, 6.07) is 5.45. The van der Waals surface area contributed by atoms with Crippen molar-refractivity contribution < 1.29 is 13.8 Å². The third-order valence-electron chi connectivity index (χ3n) is 2.57. The number of fused-ring (bicyclic) bond motifs is 1. The van der Waals surface area contributed by atoms with Crippen LogP contribution in [-0.4, -0.2) is 17.4 Å². The summed E-state index contributed by atoms with van der Waals surface area (Å²) in [6.07, 6.45) is 1.58. The number of furan rings is 1. The molecule has 17 heavy (non-hydrogen) atoms. The Morgan fingerprint density at radius 3 is 2.82 bits per heavy atom. The van der Waals surface area contributed by atoms with Crippen molar-refractivity contribution in [2.45, 2.75) is 0 Å². The quantitative estimate of drug-likeness (QED) is 0.726. The number of hydrogen-bond donors (Lipinski definition) is 1. The Hall–Kier alpha value is -2.50. The Kier molecular flexibility index (Phi) is 2.01. The molecule has 2 N–H and O–H groups in total. The van der Waals surface area contributed by atoms with Crippen LogP contribution in [0, 0.1) is 0 Å². The van der Waals surface area contributed by atoms with Gasteiger partial charge in [-0.05, 0) is 28.5 Å². The maximum absolute atomic E-state index is 5.67. The van der Waals surface area contributed by atoms with E-state index in [1.54, 1.807) is 19.4 Å². The van der Waals surface area contributed by atoms with E-state index in [4.69, 9.17) is 14.9 Å². The van der Waals surface area contributed by atoms with E-state index in [1.807, 2.05) is 12.1 Å². The number of rotatable bonds is 2. The average molecular weight is 231 g/mol. The van der Waals surface area contributed by atoms with Crippen LogP contribution in [0.25, 0.3) is 22.2 Å². The van der Waals surface area contributed by atoms with Crippen molar-refractivity contribution in [3.05, 3.63) is 24.5 Å². The summed E-state index contributed by atoms with van der Waals surface area (Å²) >= 11 is 0. The fraction of sp³-hybridized carbons (Fsp3) is 0.0909. The van der Waals surface area contributed by atoms with E-state index in [2.05, 4.69) is 14.9 Å². The molecule has 0 aliphatic heterocycles. The van der Waals surface area contributed by atoms with Gasteiger partial charge in [0, 0.05) is 10.9 Å². The number of hydrogen-bond acceptors (Lipinski definition) is 6. The average Bonchev–Trinajstić information content (AvgIpc) is 2.96. The normalized spacial score (nSPS) is 10.9. The van der Waals surface area contributed by atoms with Gasteiger partial charge in [0.1, 0.15) is 0 Å². The largest absolute Gasteiger partial charge is 0.493 e. The van der Waals surface area contributed by atoms with E-state index in [1.165, 1.54) is 0 Å². The third kappa shape index (κ3) is 1.34. The molecule has 0 radical (unpaired) electrons. The van der Waals surface area contributed by atoms with Crippen LogP contribution in [0.2, 0.25) is 0 Å². The van der Waals surface area contributed by atoms with Gasteiger partial charge in [0.15, 0.2) is 22.8 Å². The van der Waals surface area contributed by atoms with Gasteiger partial charge in [-0.3, -0.25) is 0 Å². The van der Waals surface area contributed by atoms with Gasteiger partial charge in [0.05, 0.1) is 13.4 Å². The van der Waals surface area contributed by atoms with Crippen LogP contribution in [0.5, 0.6) is 5.75 Å². The van der Waals surface area contributed by atoms with E-state index in [0.717, 1.165) is 10.9 Å². The molecule has 2 heterocycles. The van der Waals surface area contributed by atoms with Crippen LogP contribution in [0.4, 0.5) is 5.82 Å². The van der Waals surface area contributed by atoms with Gasteiger partial charge in [-0.15, -0.1) is 0 Å². The van der Waals surface area contributed by atoms with Gasteiger partial charge in [-0.1, -0.05) is 0 Å². The molecule has 6 nitrogen and oxygen atoms in total. The fourth-order valence-electron chi connectivity index (χ4n) is 1.79. The lowest BCUT2D eigenvalue weighted by Gasteiger charge is -2.03. The van der Waals surface area contributed by atoms with Crippen LogP contribution in [0.15, 0.2) is 33.5 Å². The number of methoxy groups -OCH3 is 1. The van der Waals surface area contributed by atoms with Crippen molar-refractivity contribution in [2.24, 2.45) is 0 Å². The summed E-state index contributed by atoms with van der Waals surface area (Å²) in [7, 11) is 1.59. The SMILES string of the molecule is COc1ccc(-c2nonc2N)c2ccoc12. The molecule has 0 bridgehead atoms. The minimum Gasteiger partial charge on any atom is -0.493 e. The molecule has 3 aromatic rings. The first-order chi connectivity index (χ1) is 8.31. The lowest BCUT2D eigenvalue weighted by Crippen LogP contribution is -1.90. The second-order valence-corrected chi connectivity index (χ2v) is 3.48. The molecule has 0 atom stereocenters. The molecule has 0 spiro atoms. The van der Waals surface area contributed by atoms with Crippen molar-refractivity contribution in [3.63, 3.8) is 0 Å². The van der Waals surface area contributed by atoms with E-state index < -0.39 is 0 Å². The second-order valence-electron chi connectivity index (χ2n) is 3.48. The number of nitrogens with two attached hydrogens (primary N) is 1. The molecule has 2 aromatic heterocycles. The molecule has 6 heteroatoms. The van der Waals surface area contributed by atoms with Gasteiger partial charge in [-0.2, -0.15) is 0 Å².